The average Bonchev–Trinajstić information content (AvgIpc) is 2.72. The molecule has 0 amide bonds. The van der Waals surface area contributed by atoms with E-state index in [0.717, 1.165) is 30.6 Å². The van der Waals surface area contributed by atoms with Crippen LogP contribution in [0.2, 0.25) is 0 Å². The van der Waals surface area contributed by atoms with Crippen molar-refractivity contribution >= 4 is 38.7 Å². The molecule has 2 aromatic rings. The lowest BCUT2D eigenvalue weighted by molar-refractivity contribution is -0.00810. The van der Waals surface area contributed by atoms with Gasteiger partial charge in [0.2, 0.25) is 10.0 Å². The molecular formula is C26H33N3O2S2. The smallest absolute Gasteiger partial charge is 0.241 e. The maximum Gasteiger partial charge on any atom is 0.241 e. The number of thiocarbonyl (C=S) groups is 1. The maximum absolute atomic E-state index is 13.2. The van der Waals surface area contributed by atoms with Gasteiger partial charge in [0.15, 0.2) is 5.11 Å². The molecule has 7 heteroatoms. The van der Waals surface area contributed by atoms with E-state index in [0.29, 0.717) is 33.7 Å². The number of hydrogen-bond acceptors (Lipinski definition) is 3. The van der Waals surface area contributed by atoms with Gasteiger partial charge in [0.25, 0.3) is 0 Å². The largest absolute Gasteiger partial charge is 0.332 e. The SMILES string of the molecule is CC(C)c1ccc(NC(=S)Nc2ccc(S(=O)(=O)NC34CC5CC(CC(C5)C3)C4)cc2)cc1. The van der Waals surface area contributed by atoms with E-state index < -0.39 is 10.0 Å². The molecule has 3 N–H and O–H groups in total. The second-order valence-electron chi connectivity index (χ2n) is 10.7. The Morgan fingerprint density at radius 1 is 0.848 bits per heavy atom. The number of nitrogens with one attached hydrogen (secondary N) is 3. The Kier molecular flexibility index (Phi) is 6.00. The van der Waals surface area contributed by atoms with Crippen LogP contribution in [-0.2, 0) is 10.0 Å². The molecule has 4 fully saturated rings. The number of anilines is 2. The molecule has 0 spiro atoms. The lowest BCUT2D eigenvalue weighted by Crippen LogP contribution is -2.59. The highest BCUT2D eigenvalue weighted by atomic mass is 32.2. The van der Waals surface area contributed by atoms with Crippen molar-refractivity contribution in [1.29, 1.82) is 0 Å². The summed E-state index contributed by atoms with van der Waals surface area (Å²) in [6.07, 6.45) is 6.85. The first-order valence-electron chi connectivity index (χ1n) is 12.0. The fourth-order valence-electron chi connectivity index (χ4n) is 6.54. The number of rotatable bonds is 6. The molecule has 0 aromatic heterocycles. The predicted octanol–water partition coefficient (Wildman–Crippen LogP) is 5.87. The van der Waals surface area contributed by atoms with E-state index in [1.165, 1.54) is 24.8 Å². The Balaban J connectivity index is 1.21. The third-order valence-corrected chi connectivity index (χ3v) is 9.45. The summed E-state index contributed by atoms with van der Waals surface area (Å²) >= 11 is 5.43. The standard InChI is InChI=1S/C26H33N3O2S2/c1-17(2)21-3-5-22(6-4-21)27-25(32)28-23-7-9-24(10-8-23)33(30,31)29-26-14-18-11-19(15-26)13-20(12-18)16-26/h3-10,17-20,29H,11-16H2,1-2H3,(H2,27,28,32). The van der Waals surface area contributed by atoms with Crippen LogP contribution in [0, 0.1) is 17.8 Å². The van der Waals surface area contributed by atoms with Gasteiger partial charge in [-0.1, -0.05) is 26.0 Å². The molecule has 4 bridgehead atoms. The van der Waals surface area contributed by atoms with E-state index in [1.807, 2.05) is 12.1 Å². The molecule has 6 rings (SSSR count). The van der Waals surface area contributed by atoms with Gasteiger partial charge in [-0.05, 0) is 116 Å². The summed E-state index contributed by atoms with van der Waals surface area (Å²) in [7, 11) is -3.55. The first-order valence-corrected chi connectivity index (χ1v) is 13.9. The van der Waals surface area contributed by atoms with Gasteiger partial charge in [0, 0.05) is 16.9 Å². The van der Waals surface area contributed by atoms with E-state index in [9.17, 15) is 8.42 Å². The van der Waals surface area contributed by atoms with Crippen LogP contribution in [0.5, 0.6) is 0 Å². The molecule has 0 heterocycles. The first kappa shape index (κ1) is 22.8. The summed E-state index contributed by atoms with van der Waals surface area (Å²) < 4.78 is 29.5. The van der Waals surface area contributed by atoms with Gasteiger partial charge >= 0.3 is 0 Å². The highest BCUT2D eigenvalue weighted by Crippen LogP contribution is 2.56. The summed E-state index contributed by atoms with van der Waals surface area (Å²) in [6.45, 7) is 4.33. The van der Waals surface area contributed by atoms with Crippen molar-refractivity contribution in [1.82, 2.24) is 4.72 Å². The van der Waals surface area contributed by atoms with Crippen molar-refractivity contribution < 1.29 is 8.42 Å². The molecule has 0 saturated heterocycles. The van der Waals surface area contributed by atoms with Gasteiger partial charge in [0.1, 0.15) is 0 Å². The minimum atomic E-state index is -3.55. The molecule has 0 radical (unpaired) electrons. The first-order chi connectivity index (χ1) is 15.7. The van der Waals surface area contributed by atoms with Crippen LogP contribution in [0.4, 0.5) is 11.4 Å². The fourth-order valence-corrected chi connectivity index (χ4v) is 8.21. The number of hydrogen-bond donors (Lipinski definition) is 3. The summed E-state index contributed by atoms with van der Waals surface area (Å²) in [6, 6.07) is 15.0. The van der Waals surface area contributed by atoms with Crippen molar-refractivity contribution in [2.45, 2.75) is 68.7 Å². The van der Waals surface area contributed by atoms with Gasteiger partial charge in [0.05, 0.1) is 4.90 Å². The van der Waals surface area contributed by atoms with Crippen LogP contribution >= 0.6 is 12.2 Å². The van der Waals surface area contributed by atoms with E-state index in [4.69, 9.17) is 12.2 Å². The highest BCUT2D eigenvalue weighted by Gasteiger charge is 2.52. The van der Waals surface area contributed by atoms with Crippen molar-refractivity contribution in [3.05, 3.63) is 54.1 Å². The molecule has 5 nitrogen and oxygen atoms in total. The minimum Gasteiger partial charge on any atom is -0.332 e. The minimum absolute atomic E-state index is 0.235. The molecule has 4 saturated carbocycles. The van der Waals surface area contributed by atoms with Crippen LogP contribution in [0.15, 0.2) is 53.4 Å². The van der Waals surface area contributed by atoms with Crippen LogP contribution in [0.25, 0.3) is 0 Å². The van der Waals surface area contributed by atoms with E-state index in [2.05, 4.69) is 41.3 Å². The third kappa shape index (κ3) is 4.96. The van der Waals surface area contributed by atoms with Gasteiger partial charge in [-0.25, -0.2) is 13.1 Å². The number of sulfonamides is 1. The molecule has 2 aromatic carbocycles. The molecule has 33 heavy (non-hydrogen) atoms. The Labute approximate surface area is 202 Å². The molecule has 0 atom stereocenters. The van der Waals surface area contributed by atoms with Crippen LogP contribution < -0.4 is 15.4 Å². The Morgan fingerprint density at radius 2 is 1.30 bits per heavy atom. The molecule has 176 valence electrons. The molecule has 0 aliphatic heterocycles. The summed E-state index contributed by atoms with van der Waals surface area (Å²) in [4.78, 5) is 0.312. The Bertz CT molecular complexity index is 1090. The van der Waals surface area contributed by atoms with Gasteiger partial charge in [-0.2, -0.15) is 0 Å². The molecule has 4 aliphatic rings. The van der Waals surface area contributed by atoms with E-state index in [1.54, 1.807) is 24.3 Å². The second-order valence-corrected chi connectivity index (χ2v) is 12.8. The quantitative estimate of drug-likeness (QED) is 0.449. The van der Waals surface area contributed by atoms with Crippen LogP contribution in [-0.4, -0.2) is 19.1 Å². The second kappa shape index (κ2) is 8.67. The molecular weight excluding hydrogens is 450 g/mol. The number of benzene rings is 2. The van der Waals surface area contributed by atoms with Crippen molar-refractivity contribution in [3.8, 4) is 0 Å². The summed E-state index contributed by atoms with van der Waals surface area (Å²) in [5.74, 6) is 2.57. The van der Waals surface area contributed by atoms with Crippen LogP contribution in [0.1, 0.15) is 63.9 Å². The zero-order valence-electron chi connectivity index (χ0n) is 19.3. The third-order valence-electron chi connectivity index (χ3n) is 7.65. The van der Waals surface area contributed by atoms with Crippen molar-refractivity contribution in [2.24, 2.45) is 17.8 Å². The summed E-state index contributed by atoms with van der Waals surface area (Å²) in [5, 5.41) is 6.78. The maximum atomic E-state index is 13.2. The normalized spacial score (nSPS) is 28.2. The van der Waals surface area contributed by atoms with E-state index in [-0.39, 0.29) is 5.54 Å². The zero-order chi connectivity index (χ0) is 23.2. The van der Waals surface area contributed by atoms with Gasteiger partial charge in [-0.15, -0.1) is 0 Å². The predicted molar refractivity (Wildman–Crippen MR) is 138 cm³/mol. The summed E-state index contributed by atoms with van der Waals surface area (Å²) in [5.41, 5.74) is 2.70. The van der Waals surface area contributed by atoms with Gasteiger partial charge in [-0.3, -0.25) is 0 Å². The lowest BCUT2D eigenvalue weighted by atomic mass is 9.53. The molecule has 4 aliphatic carbocycles. The van der Waals surface area contributed by atoms with Crippen molar-refractivity contribution in [3.63, 3.8) is 0 Å². The molecule has 0 unspecified atom stereocenters. The van der Waals surface area contributed by atoms with Crippen molar-refractivity contribution in [2.75, 3.05) is 10.6 Å². The van der Waals surface area contributed by atoms with E-state index >= 15 is 0 Å². The topological polar surface area (TPSA) is 70.2 Å². The van der Waals surface area contributed by atoms with Crippen LogP contribution in [0.3, 0.4) is 0 Å². The monoisotopic (exact) mass is 483 g/mol. The lowest BCUT2D eigenvalue weighted by Gasteiger charge is -2.56. The highest BCUT2D eigenvalue weighted by molar-refractivity contribution is 7.89. The Morgan fingerprint density at radius 3 is 1.76 bits per heavy atom. The van der Waals surface area contributed by atoms with Gasteiger partial charge < -0.3 is 10.6 Å². The zero-order valence-corrected chi connectivity index (χ0v) is 20.9. The Hall–Kier alpha value is -1.96. The average molecular weight is 484 g/mol. The fraction of sp³-hybridized carbons (Fsp3) is 0.500.